The molecule has 0 aliphatic heterocycles. The van der Waals surface area contributed by atoms with Crippen LogP contribution < -0.4 is 0 Å². The van der Waals surface area contributed by atoms with Crippen LogP contribution in [0.4, 0.5) is 0 Å². The number of carbonyl (C=O) groups is 1. The molecule has 2 aromatic carbocycles. The fourth-order valence-corrected chi connectivity index (χ4v) is 3.16. The van der Waals surface area contributed by atoms with E-state index in [0.29, 0.717) is 11.0 Å². The van der Waals surface area contributed by atoms with Gasteiger partial charge in [0, 0.05) is 4.70 Å². The highest BCUT2D eigenvalue weighted by Gasteiger charge is 2.14. The van der Waals surface area contributed by atoms with Gasteiger partial charge < -0.3 is 5.11 Å². The first-order valence-electron chi connectivity index (χ1n) is 6.29. The lowest BCUT2D eigenvalue weighted by Gasteiger charge is -2.03. The second-order valence-electron chi connectivity index (χ2n) is 4.62. The number of aromatic nitrogens is 3. The predicted octanol–water partition coefficient (Wildman–Crippen LogP) is 3.33. The van der Waals surface area contributed by atoms with Crippen molar-refractivity contribution in [3.8, 4) is 5.69 Å². The van der Waals surface area contributed by atoms with Crippen molar-refractivity contribution in [3.63, 3.8) is 0 Å². The fourth-order valence-electron chi connectivity index (χ4n) is 2.39. The first kappa shape index (κ1) is 12.0. The molecule has 0 aliphatic rings. The average Bonchev–Trinajstić information content (AvgIpc) is 3.12. The Bertz CT molecular complexity index is 987. The van der Waals surface area contributed by atoms with E-state index in [2.05, 4.69) is 10.3 Å². The Morgan fingerprint density at radius 2 is 2.10 bits per heavy atom. The molecule has 0 spiro atoms. The monoisotopic (exact) mass is 295 g/mol. The number of thiophene rings is 1. The van der Waals surface area contributed by atoms with Crippen LogP contribution in [0.1, 0.15) is 10.4 Å². The molecule has 0 bridgehead atoms. The number of benzene rings is 2. The normalized spacial score (nSPS) is 11.2. The number of nitrogens with zero attached hydrogens (tertiary/aromatic N) is 3. The summed E-state index contributed by atoms with van der Waals surface area (Å²) < 4.78 is 2.87. The highest BCUT2D eigenvalue weighted by atomic mass is 32.1. The highest BCUT2D eigenvalue weighted by Crippen LogP contribution is 2.25. The summed E-state index contributed by atoms with van der Waals surface area (Å²) in [7, 11) is 0. The van der Waals surface area contributed by atoms with Crippen molar-refractivity contribution < 1.29 is 9.90 Å². The number of rotatable bonds is 2. The first-order chi connectivity index (χ1) is 10.2. The van der Waals surface area contributed by atoms with E-state index >= 15 is 0 Å². The third-order valence-electron chi connectivity index (χ3n) is 3.39. The number of carboxylic acid groups (broad SMARTS) is 1. The number of aromatic carboxylic acids is 1. The Morgan fingerprint density at radius 1 is 1.19 bits per heavy atom. The number of fused-ring (bicyclic) bond motifs is 2. The smallest absolute Gasteiger partial charge is 0.338 e. The van der Waals surface area contributed by atoms with Crippen molar-refractivity contribution in [2.75, 3.05) is 0 Å². The summed E-state index contributed by atoms with van der Waals surface area (Å²) in [5, 5.41) is 20.5. The molecule has 21 heavy (non-hydrogen) atoms. The second kappa shape index (κ2) is 4.39. The zero-order chi connectivity index (χ0) is 14.4. The molecule has 1 N–H and O–H groups in total. The SMILES string of the molecule is O=C(O)c1cccc2c1nnn2-c1ccc2sccc2c1. The number of carboxylic acids is 1. The predicted molar refractivity (Wildman–Crippen MR) is 81.2 cm³/mol. The molecule has 5 nitrogen and oxygen atoms in total. The molecule has 0 radical (unpaired) electrons. The lowest BCUT2D eigenvalue weighted by molar-refractivity contribution is 0.0699. The zero-order valence-corrected chi connectivity index (χ0v) is 11.5. The van der Waals surface area contributed by atoms with Crippen LogP contribution in [0.15, 0.2) is 47.8 Å². The molecule has 0 saturated carbocycles. The highest BCUT2D eigenvalue weighted by molar-refractivity contribution is 7.17. The molecule has 2 heterocycles. The third kappa shape index (κ3) is 1.80. The number of hydrogen-bond donors (Lipinski definition) is 1. The van der Waals surface area contributed by atoms with Crippen LogP contribution in [0.2, 0.25) is 0 Å². The van der Waals surface area contributed by atoms with Crippen LogP contribution in [0.5, 0.6) is 0 Å². The molecule has 0 unspecified atom stereocenters. The zero-order valence-electron chi connectivity index (χ0n) is 10.7. The Kier molecular flexibility index (Phi) is 2.52. The molecule has 0 aliphatic carbocycles. The molecule has 0 fully saturated rings. The van der Waals surface area contributed by atoms with Gasteiger partial charge in [0.25, 0.3) is 0 Å². The van der Waals surface area contributed by atoms with Crippen LogP contribution in [0.3, 0.4) is 0 Å². The maximum absolute atomic E-state index is 11.2. The minimum atomic E-state index is -0.999. The van der Waals surface area contributed by atoms with E-state index in [0.717, 1.165) is 11.1 Å². The standard InChI is InChI=1S/C15H9N3O2S/c19-15(20)11-2-1-3-12-14(11)16-17-18(12)10-4-5-13-9(8-10)6-7-21-13/h1-8H,(H,19,20). The summed E-state index contributed by atoms with van der Waals surface area (Å²) in [6.45, 7) is 0. The van der Waals surface area contributed by atoms with E-state index in [-0.39, 0.29) is 5.56 Å². The minimum absolute atomic E-state index is 0.162. The van der Waals surface area contributed by atoms with Gasteiger partial charge in [0.05, 0.1) is 16.8 Å². The van der Waals surface area contributed by atoms with E-state index in [9.17, 15) is 9.90 Å². The lowest BCUT2D eigenvalue weighted by atomic mass is 10.2. The summed E-state index contributed by atoms with van der Waals surface area (Å²) in [4.78, 5) is 11.2. The van der Waals surface area contributed by atoms with Gasteiger partial charge in [-0.15, -0.1) is 16.4 Å². The van der Waals surface area contributed by atoms with E-state index in [1.807, 2.05) is 35.7 Å². The lowest BCUT2D eigenvalue weighted by Crippen LogP contribution is -1.98. The van der Waals surface area contributed by atoms with Gasteiger partial charge in [0.1, 0.15) is 5.52 Å². The summed E-state index contributed by atoms with van der Waals surface area (Å²) in [5.41, 5.74) is 2.11. The van der Waals surface area contributed by atoms with Crippen molar-refractivity contribution >= 4 is 38.4 Å². The maximum Gasteiger partial charge on any atom is 0.338 e. The van der Waals surface area contributed by atoms with Gasteiger partial charge in [-0.3, -0.25) is 0 Å². The van der Waals surface area contributed by atoms with Gasteiger partial charge in [-0.05, 0) is 47.2 Å². The van der Waals surface area contributed by atoms with Gasteiger partial charge in [0.15, 0.2) is 0 Å². The largest absolute Gasteiger partial charge is 0.478 e. The van der Waals surface area contributed by atoms with Gasteiger partial charge in [-0.25, -0.2) is 9.48 Å². The first-order valence-corrected chi connectivity index (χ1v) is 7.17. The van der Waals surface area contributed by atoms with Crippen molar-refractivity contribution in [1.82, 2.24) is 15.0 Å². The van der Waals surface area contributed by atoms with E-state index in [4.69, 9.17) is 0 Å². The van der Waals surface area contributed by atoms with E-state index in [1.54, 1.807) is 22.1 Å². The molecule has 6 heteroatoms. The minimum Gasteiger partial charge on any atom is -0.478 e. The van der Waals surface area contributed by atoms with E-state index < -0.39 is 5.97 Å². The molecule has 4 aromatic rings. The van der Waals surface area contributed by atoms with Crippen molar-refractivity contribution in [3.05, 3.63) is 53.4 Å². The molecule has 0 amide bonds. The molecule has 0 saturated heterocycles. The van der Waals surface area contributed by atoms with Crippen molar-refractivity contribution in [2.45, 2.75) is 0 Å². The fraction of sp³-hybridized carbons (Fsp3) is 0. The summed E-state index contributed by atoms with van der Waals surface area (Å²) in [6, 6.07) is 13.1. The van der Waals surface area contributed by atoms with Crippen molar-refractivity contribution in [2.24, 2.45) is 0 Å². The van der Waals surface area contributed by atoms with Crippen LogP contribution in [-0.4, -0.2) is 26.1 Å². The van der Waals surface area contributed by atoms with E-state index in [1.165, 1.54) is 10.8 Å². The molecular weight excluding hydrogens is 286 g/mol. The van der Waals surface area contributed by atoms with Crippen LogP contribution >= 0.6 is 11.3 Å². The van der Waals surface area contributed by atoms with Crippen LogP contribution in [-0.2, 0) is 0 Å². The summed E-state index contributed by atoms with van der Waals surface area (Å²) >= 11 is 1.68. The Morgan fingerprint density at radius 3 is 2.95 bits per heavy atom. The second-order valence-corrected chi connectivity index (χ2v) is 5.57. The summed E-state index contributed by atoms with van der Waals surface area (Å²) in [6.07, 6.45) is 0. The number of hydrogen-bond acceptors (Lipinski definition) is 4. The van der Waals surface area contributed by atoms with Crippen molar-refractivity contribution in [1.29, 1.82) is 0 Å². The molecule has 2 aromatic heterocycles. The van der Waals surface area contributed by atoms with Gasteiger partial charge >= 0.3 is 5.97 Å². The van der Waals surface area contributed by atoms with Crippen LogP contribution in [0.25, 0.3) is 26.8 Å². The maximum atomic E-state index is 11.2. The third-order valence-corrected chi connectivity index (χ3v) is 4.29. The van der Waals surface area contributed by atoms with Gasteiger partial charge in [-0.1, -0.05) is 11.3 Å². The molecule has 0 atom stereocenters. The van der Waals surface area contributed by atoms with Crippen LogP contribution in [0, 0.1) is 0 Å². The Hall–Kier alpha value is -2.73. The Balaban J connectivity index is 1.98. The Labute approximate surface area is 123 Å². The quantitative estimate of drug-likeness (QED) is 0.616. The average molecular weight is 295 g/mol. The molecular formula is C15H9N3O2S. The molecule has 4 rings (SSSR count). The molecule has 102 valence electrons. The van der Waals surface area contributed by atoms with Gasteiger partial charge in [0.2, 0.25) is 0 Å². The summed E-state index contributed by atoms with van der Waals surface area (Å²) in [5.74, 6) is -0.999. The van der Waals surface area contributed by atoms with Gasteiger partial charge in [-0.2, -0.15) is 0 Å². The topological polar surface area (TPSA) is 68.0 Å².